The topological polar surface area (TPSA) is 0 Å². The third-order valence-corrected chi connectivity index (χ3v) is 23.0. The molecule has 1 rings (SSSR count). The van der Waals surface area contributed by atoms with Gasteiger partial charge in [-0.05, 0) is 0 Å². The number of hydrogen-bond acceptors (Lipinski definition) is 0. The second-order valence-corrected chi connectivity index (χ2v) is 23.2. The van der Waals surface area contributed by atoms with Crippen molar-refractivity contribution < 1.29 is 0 Å². The average Bonchev–Trinajstić information content (AvgIpc) is 2.62. The molecule has 0 saturated heterocycles. The third-order valence-electron chi connectivity index (χ3n) is 4.98. The van der Waals surface area contributed by atoms with Gasteiger partial charge < -0.3 is 0 Å². The third kappa shape index (κ3) is 9.11. The van der Waals surface area contributed by atoms with E-state index in [4.69, 9.17) is 0 Å². The summed E-state index contributed by atoms with van der Waals surface area (Å²) in [5, 5.41) is 0. The Balaban J connectivity index is 2.78. The van der Waals surface area contributed by atoms with Crippen LogP contribution in [0.2, 0.25) is 17.7 Å². The molecule has 136 valence electrons. The van der Waals surface area contributed by atoms with E-state index in [9.17, 15) is 0 Å². The van der Waals surface area contributed by atoms with Crippen LogP contribution in [-0.4, -0.2) is 33.3 Å². The molecule has 0 amide bonds. The first-order valence-corrected chi connectivity index (χ1v) is 19.9. The Bertz CT molecular complexity index is 431. The predicted octanol–water partition coefficient (Wildman–Crippen LogP) is 6.77. The molecule has 2 heteroatoms. The zero-order chi connectivity index (χ0) is 17.7. The van der Waals surface area contributed by atoms with E-state index in [1.54, 1.807) is 18.9 Å². The molecule has 0 N–H and O–H groups in total. The Morgan fingerprint density at radius 2 is 1.38 bits per heavy atom. The van der Waals surface area contributed by atoms with Gasteiger partial charge in [-0.2, -0.15) is 0 Å². The molecule has 0 radical (unpaired) electrons. The SMILES string of the molecule is CCC[CH2][Sn]([CH2]CCC)([CH2]CCC)[CH2]/C(C)=C\[Se]c1ccccc1. The number of rotatable bonds is 13. The maximum absolute atomic E-state index is 2.60. The van der Waals surface area contributed by atoms with Crippen molar-refractivity contribution >= 4 is 37.8 Å². The molecule has 0 aliphatic rings. The van der Waals surface area contributed by atoms with E-state index < -0.39 is 18.4 Å². The van der Waals surface area contributed by atoms with Gasteiger partial charge in [-0.1, -0.05) is 0 Å². The van der Waals surface area contributed by atoms with Crippen LogP contribution in [0.5, 0.6) is 0 Å². The van der Waals surface area contributed by atoms with Crippen molar-refractivity contribution in [1.82, 2.24) is 0 Å². The molecule has 0 spiro atoms. The molecule has 24 heavy (non-hydrogen) atoms. The maximum atomic E-state index is 2.60. The van der Waals surface area contributed by atoms with Crippen molar-refractivity contribution in [3.8, 4) is 0 Å². The summed E-state index contributed by atoms with van der Waals surface area (Å²) in [7, 11) is 0. The molecular weight excluding hydrogens is 462 g/mol. The van der Waals surface area contributed by atoms with Crippen molar-refractivity contribution in [1.29, 1.82) is 0 Å². The molecule has 0 aromatic heterocycles. The van der Waals surface area contributed by atoms with Crippen molar-refractivity contribution in [3.05, 3.63) is 40.9 Å². The van der Waals surface area contributed by atoms with Gasteiger partial charge >= 0.3 is 163 Å². The minimum atomic E-state index is -1.98. The van der Waals surface area contributed by atoms with Crippen molar-refractivity contribution in [2.24, 2.45) is 0 Å². The number of unbranched alkanes of at least 4 members (excludes halogenated alkanes) is 3. The molecule has 0 unspecified atom stereocenters. The van der Waals surface area contributed by atoms with Crippen LogP contribution in [0.15, 0.2) is 40.9 Å². The van der Waals surface area contributed by atoms with Crippen LogP contribution in [0, 0.1) is 0 Å². The second kappa shape index (κ2) is 13.5. The first-order chi connectivity index (χ1) is 11.7. The van der Waals surface area contributed by atoms with Crippen molar-refractivity contribution in [3.63, 3.8) is 0 Å². The Labute approximate surface area is 161 Å². The summed E-state index contributed by atoms with van der Waals surface area (Å²) >= 11 is -1.46. The average molecular weight is 500 g/mol. The van der Waals surface area contributed by atoms with Gasteiger partial charge in [-0.15, -0.1) is 0 Å². The molecular formula is C22H38SeSn. The first-order valence-electron chi connectivity index (χ1n) is 10.0. The van der Waals surface area contributed by atoms with Crippen LogP contribution in [0.1, 0.15) is 66.2 Å². The second-order valence-electron chi connectivity index (χ2n) is 7.38. The summed E-state index contributed by atoms with van der Waals surface area (Å²) in [4.78, 5) is 2.60. The van der Waals surface area contributed by atoms with Gasteiger partial charge in [-0.3, -0.25) is 0 Å². The molecule has 0 saturated carbocycles. The summed E-state index contributed by atoms with van der Waals surface area (Å²) in [6, 6.07) is 11.0. The molecule has 0 atom stereocenters. The minimum absolute atomic E-state index is 0.517. The summed E-state index contributed by atoms with van der Waals surface area (Å²) in [5.74, 6) is 0. The van der Waals surface area contributed by atoms with Crippen LogP contribution in [0.3, 0.4) is 0 Å². The van der Waals surface area contributed by atoms with E-state index in [0.29, 0.717) is 15.0 Å². The molecule has 1 aromatic carbocycles. The Morgan fingerprint density at radius 3 is 1.83 bits per heavy atom. The van der Waals surface area contributed by atoms with Gasteiger partial charge in [0.2, 0.25) is 0 Å². The number of benzene rings is 1. The van der Waals surface area contributed by atoms with Crippen LogP contribution in [-0.2, 0) is 0 Å². The van der Waals surface area contributed by atoms with Gasteiger partial charge in [0.05, 0.1) is 0 Å². The molecule has 0 nitrogen and oxygen atoms in total. The molecule has 0 aliphatic carbocycles. The first kappa shape index (κ1) is 22.3. The Morgan fingerprint density at radius 1 is 0.875 bits per heavy atom. The normalized spacial score (nSPS) is 12.6. The fourth-order valence-electron chi connectivity index (χ4n) is 3.60. The molecule has 0 fully saturated rings. The molecule has 0 heterocycles. The van der Waals surface area contributed by atoms with Crippen molar-refractivity contribution in [2.45, 2.75) is 84.0 Å². The van der Waals surface area contributed by atoms with Gasteiger partial charge in [0.25, 0.3) is 0 Å². The summed E-state index contributed by atoms with van der Waals surface area (Å²) in [6.07, 6.45) is 8.61. The molecule has 0 bridgehead atoms. The number of hydrogen-bond donors (Lipinski definition) is 0. The van der Waals surface area contributed by atoms with Crippen LogP contribution < -0.4 is 4.46 Å². The van der Waals surface area contributed by atoms with Crippen LogP contribution in [0.25, 0.3) is 0 Å². The Kier molecular flexibility index (Phi) is 12.5. The van der Waals surface area contributed by atoms with E-state index in [1.807, 2.05) is 0 Å². The predicted molar refractivity (Wildman–Crippen MR) is 115 cm³/mol. The monoisotopic (exact) mass is 502 g/mol. The van der Waals surface area contributed by atoms with Crippen molar-refractivity contribution in [2.75, 3.05) is 0 Å². The molecule has 0 aliphatic heterocycles. The van der Waals surface area contributed by atoms with Gasteiger partial charge in [0.1, 0.15) is 0 Å². The quantitative estimate of drug-likeness (QED) is 0.263. The summed E-state index contributed by atoms with van der Waals surface area (Å²) in [5.41, 5.74) is 1.72. The van der Waals surface area contributed by atoms with Crippen LogP contribution in [0.4, 0.5) is 0 Å². The Hall–Kier alpha value is 0.278. The van der Waals surface area contributed by atoms with Crippen LogP contribution >= 0.6 is 0 Å². The van der Waals surface area contributed by atoms with E-state index >= 15 is 0 Å². The van der Waals surface area contributed by atoms with Gasteiger partial charge in [0.15, 0.2) is 0 Å². The fraction of sp³-hybridized carbons (Fsp3) is 0.636. The van der Waals surface area contributed by atoms with Gasteiger partial charge in [-0.25, -0.2) is 0 Å². The zero-order valence-corrected chi connectivity index (χ0v) is 21.0. The van der Waals surface area contributed by atoms with E-state index in [-0.39, 0.29) is 0 Å². The zero-order valence-electron chi connectivity index (χ0n) is 16.4. The fourth-order valence-corrected chi connectivity index (χ4v) is 22.9. The summed E-state index contributed by atoms with van der Waals surface area (Å²) < 4.78 is 7.95. The van der Waals surface area contributed by atoms with Gasteiger partial charge in [0, 0.05) is 0 Å². The standard InChI is InChI=1S/C10H11Se.3C4H9.Sn/c1-9(2)8-11-10-6-4-3-5-7-10;3*1-3-4-2;/h3-8H,1H2,2H3;3*1,3-4H2,2H3;/b9-8+;;;;. The van der Waals surface area contributed by atoms with E-state index in [2.05, 4.69) is 63.0 Å². The van der Waals surface area contributed by atoms with E-state index in [0.717, 1.165) is 0 Å². The number of allylic oxidation sites excluding steroid dienone is 1. The molecule has 1 aromatic rings. The summed E-state index contributed by atoms with van der Waals surface area (Å²) in [6.45, 7) is 9.55. The van der Waals surface area contributed by atoms with E-state index in [1.165, 1.54) is 47.4 Å².